The van der Waals surface area contributed by atoms with E-state index in [9.17, 15) is 4.79 Å². The van der Waals surface area contributed by atoms with Gasteiger partial charge in [0.15, 0.2) is 0 Å². The predicted octanol–water partition coefficient (Wildman–Crippen LogP) is 2.97. The molecule has 19 heavy (non-hydrogen) atoms. The van der Waals surface area contributed by atoms with Crippen LogP contribution in [0, 0.1) is 0 Å². The molecule has 0 radical (unpaired) electrons. The summed E-state index contributed by atoms with van der Waals surface area (Å²) in [4.78, 5) is 11.7. The fourth-order valence-electron chi connectivity index (χ4n) is 1.54. The van der Waals surface area contributed by atoms with Crippen LogP contribution in [0.15, 0.2) is 18.2 Å². The van der Waals surface area contributed by atoms with Crippen molar-refractivity contribution in [1.82, 2.24) is 10.2 Å². The minimum absolute atomic E-state index is 0.0167. The van der Waals surface area contributed by atoms with Crippen LogP contribution in [0.5, 0.6) is 0 Å². The molecule has 6 heteroatoms. The standard InChI is InChI=1S/C13H16ClN3O2/c1-13(2,3)19-7-11(18)15-8-4-5-9-10(6-8)16-17-12(9)14/h4-6H,7H2,1-3H3,(H,15,18)(H,16,17). The van der Waals surface area contributed by atoms with Gasteiger partial charge in [-0.15, -0.1) is 0 Å². The Labute approximate surface area is 116 Å². The Morgan fingerprint density at radius 2 is 2.21 bits per heavy atom. The lowest BCUT2D eigenvalue weighted by molar-refractivity contribution is -0.125. The average Bonchev–Trinajstić information content (AvgIpc) is 2.67. The zero-order valence-corrected chi connectivity index (χ0v) is 11.8. The van der Waals surface area contributed by atoms with E-state index in [1.54, 1.807) is 18.2 Å². The van der Waals surface area contributed by atoms with Crippen molar-refractivity contribution in [2.75, 3.05) is 11.9 Å². The summed E-state index contributed by atoms with van der Waals surface area (Å²) in [6.45, 7) is 5.72. The molecule has 2 rings (SSSR count). The number of nitrogens with zero attached hydrogens (tertiary/aromatic N) is 1. The third kappa shape index (κ3) is 3.68. The van der Waals surface area contributed by atoms with E-state index >= 15 is 0 Å². The lowest BCUT2D eigenvalue weighted by Gasteiger charge is -2.18. The maximum absolute atomic E-state index is 11.7. The molecular formula is C13H16ClN3O2. The van der Waals surface area contributed by atoms with Gasteiger partial charge in [0.05, 0.1) is 11.1 Å². The highest BCUT2D eigenvalue weighted by atomic mass is 35.5. The number of aromatic nitrogens is 2. The Balaban J connectivity index is 2.03. The predicted molar refractivity (Wildman–Crippen MR) is 75.4 cm³/mol. The maximum Gasteiger partial charge on any atom is 0.250 e. The van der Waals surface area contributed by atoms with Crippen LogP contribution in [0.25, 0.3) is 10.9 Å². The van der Waals surface area contributed by atoms with Crippen molar-refractivity contribution in [3.8, 4) is 0 Å². The van der Waals surface area contributed by atoms with Crippen LogP contribution >= 0.6 is 11.6 Å². The van der Waals surface area contributed by atoms with E-state index in [4.69, 9.17) is 16.3 Å². The molecule has 0 aliphatic rings. The molecule has 1 amide bonds. The van der Waals surface area contributed by atoms with Crippen molar-refractivity contribution >= 4 is 34.1 Å². The molecule has 0 aliphatic heterocycles. The highest BCUT2D eigenvalue weighted by molar-refractivity contribution is 6.34. The highest BCUT2D eigenvalue weighted by Crippen LogP contribution is 2.23. The highest BCUT2D eigenvalue weighted by Gasteiger charge is 2.13. The molecule has 0 saturated heterocycles. The number of halogens is 1. The van der Waals surface area contributed by atoms with Gasteiger partial charge >= 0.3 is 0 Å². The summed E-state index contributed by atoms with van der Waals surface area (Å²) in [5.41, 5.74) is 1.04. The van der Waals surface area contributed by atoms with Gasteiger partial charge in [0.2, 0.25) is 5.91 Å². The Bertz CT molecular complexity index is 601. The monoisotopic (exact) mass is 281 g/mol. The van der Waals surface area contributed by atoms with Crippen molar-refractivity contribution < 1.29 is 9.53 Å². The summed E-state index contributed by atoms with van der Waals surface area (Å²) in [5, 5.41) is 10.8. The molecule has 0 atom stereocenters. The number of hydrogen-bond acceptors (Lipinski definition) is 3. The number of amides is 1. The van der Waals surface area contributed by atoms with Gasteiger partial charge in [0.1, 0.15) is 11.8 Å². The number of aromatic amines is 1. The van der Waals surface area contributed by atoms with E-state index in [-0.39, 0.29) is 18.1 Å². The molecule has 1 aromatic carbocycles. The number of H-pyrrole nitrogens is 1. The first-order valence-electron chi connectivity index (χ1n) is 5.92. The van der Waals surface area contributed by atoms with Gasteiger partial charge in [-0.1, -0.05) is 11.6 Å². The van der Waals surface area contributed by atoms with Gasteiger partial charge in [-0.25, -0.2) is 0 Å². The Morgan fingerprint density at radius 3 is 2.89 bits per heavy atom. The number of carbonyl (C=O) groups is 1. The normalized spacial score (nSPS) is 11.8. The maximum atomic E-state index is 11.7. The van der Waals surface area contributed by atoms with E-state index in [0.29, 0.717) is 16.4 Å². The Hall–Kier alpha value is -1.59. The molecule has 102 valence electrons. The van der Waals surface area contributed by atoms with Crippen molar-refractivity contribution in [3.63, 3.8) is 0 Å². The van der Waals surface area contributed by atoms with Crippen molar-refractivity contribution in [3.05, 3.63) is 23.4 Å². The molecule has 0 spiro atoms. The number of fused-ring (bicyclic) bond motifs is 1. The van der Waals surface area contributed by atoms with Gasteiger partial charge in [0, 0.05) is 11.1 Å². The first-order chi connectivity index (χ1) is 8.85. The SMILES string of the molecule is CC(C)(C)OCC(=O)Nc1ccc2c(Cl)[nH]nc2c1. The smallest absolute Gasteiger partial charge is 0.250 e. The molecule has 2 N–H and O–H groups in total. The van der Waals surface area contributed by atoms with E-state index < -0.39 is 0 Å². The topological polar surface area (TPSA) is 67.0 Å². The number of ether oxygens (including phenoxy) is 1. The number of hydrogen-bond donors (Lipinski definition) is 2. The van der Waals surface area contributed by atoms with Crippen molar-refractivity contribution in [2.24, 2.45) is 0 Å². The molecule has 0 bridgehead atoms. The van der Waals surface area contributed by atoms with E-state index in [2.05, 4.69) is 15.5 Å². The summed E-state index contributed by atoms with van der Waals surface area (Å²) in [7, 11) is 0. The minimum Gasteiger partial charge on any atom is -0.366 e. The zero-order valence-electron chi connectivity index (χ0n) is 11.1. The first-order valence-corrected chi connectivity index (χ1v) is 6.30. The molecular weight excluding hydrogens is 266 g/mol. The van der Waals surface area contributed by atoms with Crippen LogP contribution < -0.4 is 5.32 Å². The van der Waals surface area contributed by atoms with Crippen LogP contribution in [-0.2, 0) is 9.53 Å². The molecule has 2 aromatic rings. The lowest BCUT2D eigenvalue weighted by atomic mass is 10.2. The van der Waals surface area contributed by atoms with Gasteiger partial charge < -0.3 is 10.1 Å². The van der Waals surface area contributed by atoms with Gasteiger partial charge in [0.25, 0.3) is 0 Å². The average molecular weight is 282 g/mol. The van der Waals surface area contributed by atoms with Crippen LogP contribution in [0.2, 0.25) is 5.15 Å². The van der Waals surface area contributed by atoms with Gasteiger partial charge in [-0.3, -0.25) is 9.89 Å². The third-order valence-corrected chi connectivity index (χ3v) is 2.72. The van der Waals surface area contributed by atoms with Crippen LogP contribution in [0.4, 0.5) is 5.69 Å². The number of rotatable bonds is 3. The van der Waals surface area contributed by atoms with Crippen molar-refractivity contribution in [1.29, 1.82) is 0 Å². The second kappa shape index (κ2) is 5.19. The molecule has 1 aromatic heterocycles. The fourth-order valence-corrected chi connectivity index (χ4v) is 1.74. The van der Waals surface area contributed by atoms with Gasteiger partial charge in [-0.05, 0) is 39.0 Å². The van der Waals surface area contributed by atoms with Gasteiger partial charge in [-0.2, -0.15) is 5.10 Å². The molecule has 0 aliphatic carbocycles. The number of carbonyl (C=O) groups excluding carboxylic acids is 1. The summed E-state index contributed by atoms with van der Waals surface area (Å²) in [5.74, 6) is -0.198. The Morgan fingerprint density at radius 1 is 1.47 bits per heavy atom. The van der Waals surface area contributed by atoms with Crippen LogP contribution in [0.1, 0.15) is 20.8 Å². The first kappa shape index (κ1) is 13.8. The second-order valence-corrected chi connectivity index (χ2v) is 5.60. The van der Waals surface area contributed by atoms with Crippen LogP contribution in [-0.4, -0.2) is 28.3 Å². The molecule has 5 nitrogen and oxygen atoms in total. The van der Waals surface area contributed by atoms with Crippen LogP contribution in [0.3, 0.4) is 0 Å². The van der Waals surface area contributed by atoms with E-state index in [1.807, 2.05) is 20.8 Å². The lowest BCUT2D eigenvalue weighted by Crippen LogP contribution is -2.27. The fraction of sp³-hybridized carbons (Fsp3) is 0.385. The third-order valence-electron chi connectivity index (χ3n) is 2.43. The summed E-state index contributed by atoms with van der Waals surface area (Å²) < 4.78 is 5.40. The Kier molecular flexibility index (Phi) is 3.78. The zero-order chi connectivity index (χ0) is 14.0. The second-order valence-electron chi connectivity index (χ2n) is 5.22. The number of anilines is 1. The molecule has 0 unspecified atom stereocenters. The van der Waals surface area contributed by atoms with E-state index in [1.165, 1.54) is 0 Å². The molecule has 1 heterocycles. The largest absolute Gasteiger partial charge is 0.366 e. The van der Waals surface area contributed by atoms with Crippen molar-refractivity contribution in [2.45, 2.75) is 26.4 Å². The minimum atomic E-state index is -0.336. The van der Waals surface area contributed by atoms with E-state index in [0.717, 1.165) is 5.39 Å². The molecule has 0 saturated carbocycles. The summed E-state index contributed by atoms with van der Waals surface area (Å²) >= 11 is 5.91. The summed E-state index contributed by atoms with van der Waals surface area (Å²) in [6, 6.07) is 5.34. The molecule has 0 fully saturated rings. The quantitative estimate of drug-likeness (QED) is 0.909. The summed E-state index contributed by atoms with van der Waals surface area (Å²) in [6.07, 6.45) is 0. The number of benzene rings is 1. The number of nitrogens with one attached hydrogen (secondary N) is 2.